The number of nitrogens with one attached hydrogen (secondary N) is 3. The average Bonchev–Trinajstić information content (AvgIpc) is 3.49. The molecule has 3 N–H and O–H groups in total. The lowest BCUT2D eigenvalue weighted by atomic mass is 10.1. The van der Waals surface area contributed by atoms with Gasteiger partial charge >= 0.3 is 0 Å². The van der Waals surface area contributed by atoms with E-state index in [1.807, 2.05) is 0 Å². The number of anilines is 3. The first-order chi connectivity index (χ1) is 18.8. The van der Waals surface area contributed by atoms with Crippen LogP contribution in [0.4, 0.5) is 25.8 Å². The van der Waals surface area contributed by atoms with Gasteiger partial charge in [0.15, 0.2) is 5.82 Å². The number of halogens is 8. The summed E-state index contributed by atoms with van der Waals surface area (Å²) >= 11 is 37.2. The molecule has 0 spiro atoms. The molecule has 0 unspecified atom stereocenters. The molecule has 1 aliphatic carbocycles. The molecule has 0 bridgehead atoms. The van der Waals surface area contributed by atoms with Crippen molar-refractivity contribution in [3.8, 4) is 0 Å². The zero-order chi connectivity index (χ0) is 29.5. The van der Waals surface area contributed by atoms with Crippen LogP contribution in [0.1, 0.15) is 35.2 Å². The third kappa shape index (κ3) is 6.12. The van der Waals surface area contributed by atoms with Gasteiger partial charge in [0.25, 0.3) is 5.91 Å². The molecular weight excluding hydrogens is 653 g/mol. The number of amides is 3. The fraction of sp³-hybridized carbons (Fsp3) is 0.192. The third-order valence-corrected chi connectivity index (χ3v) is 8.57. The minimum absolute atomic E-state index is 0.0130. The van der Waals surface area contributed by atoms with Crippen molar-refractivity contribution in [1.82, 2.24) is 0 Å². The fourth-order valence-corrected chi connectivity index (χ4v) is 5.65. The summed E-state index contributed by atoms with van der Waals surface area (Å²) in [5.41, 5.74) is -0.564. The largest absolute Gasteiger partial charge is 0.326 e. The van der Waals surface area contributed by atoms with E-state index in [-0.39, 0.29) is 37.8 Å². The molecular formula is C26H17Cl6F2N3O3. The van der Waals surface area contributed by atoms with Gasteiger partial charge in [-0.3, -0.25) is 14.4 Å². The van der Waals surface area contributed by atoms with Gasteiger partial charge in [-0.1, -0.05) is 53.3 Å². The standard InChI is InChI=1S/C26H17Cl6F2N3O3/c1-2-18(38)37-23-16(33)5-6-17(22(23)34)36-24(39)12-9-11(3-4-13(12)27)35-25(40)20-19(26(20,31)32)10-7-14(28)21(30)15(29)8-10/h3-9,19-20H,2H2,1H3,(H,35,40)(H,36,39)(H,37,38)/t19-,20+/m0/s1. The van der Waals surface area contributed by atoms with Crippen LogP contribution in [-0.2, 0) is 9.59 Å². The fourth-order valence-electron chi connectivity index (χ4n) is 4.00. The summed E-state index contributed by atoms with van der Waals surface area (Å²) in [6, 6.07) is 8.96. The molecule has 2 atom stereocenters. The van der Waals surface area contributed by atoms with E-state index >= 15 is 0 Å². The third-order valence-electron chi connectivity index (χ3n) is 6.10. The van der Waals surface area contributed by atoms with Crippen molar-refractivity contribution >= 4 is 104 Å². The first-order valence-corrected chi connectivity index (χ1v) is 13.7. The summed E-state index contributed by atoms with van der Waals surface area (Å²) in [7, 11) is 0. The van der Waals surface area contributed by atoms with Crippen molar-refractivity contribution in [2.45, 2.75) is 23.6 Å². The van der Waals surface area contributed by atoms with Crippen LogP contribution in [0.2, 0.25) is 20.1 Å². The van der Waals surface area contributed by atoms with Crippen LogP contribution < -0.4 is 16.0 Å². The Morgan fingerprint density at radius 3 is 2.15 bits per heavy atom. The molecule has 0 radical (unpaired) electrons. The highest BCUT2D eigenvalue weighted by Crippen LogP contribution is 2.65. The van der Waals surface area contributed by atoms with E-state index in [9.17, 15) is 23.2 Å². The maximum atomic E-state index is 14.9. The number of rotatable bonds is 7. The first kappa shape index (κ1) is 30.6. The van der Waals surface area contributed by atoms with Gasteiger partial charge < -0.3 is 16.0 Å². The number of hydrogen-bond donors (Lipinski definition) is 3. The van der Waals surface area contributed by atoms with Crippen LogP contribution in [0.3, 0.4) is 0 Å². The number of carbonyl (C=O) groups excluding carboxylic acids is 3. The molecule has 1 aliphatic rings. The van der Waals surface area contributed by atoms with Crippen molar-refractivity contribution < 1.29 is 23.2 Å². The van der Waals surface area contributed by atoms with Gasteiger partial charge in [0.2, 0.25) is 11.8 Å². The molecule has 1 fully saturated rings. The van der Waals surface area contributed by atoms with Gasteiger partial charge in [-0.15, -0.1) is 23.2 Å². The van der Waals surface area contributed by atoms with E-state index < -0.39 is 56.9 Å². The van der Waals surface area contributed by atoms with Gasteiger partial charge in [-0.25, -0.2) is 8.78 Å². The Bertz CT molecular complexity index is 1530. The highest BCUT2D eigenvalue weighted by molar-refractivity contribution is 6.54. The smallest absolute Gasteiger partial charge is 0.257 e. The number of hydrogen-bond acceptors (Lipinski definition) is 3. The Labute approximate surface area is 257 Å². The minimum atomic E-state index is -1.47. The number of benzene rings is 3. The van der Waals surface area contributed by atoms with Crippen molar-refractivity contribution in [1.29, 1.82) is 0 Å². The van der Waals surface area contributed by atoms with Crippen molar-refractivity contribution in [2.24, 2.45) is 5.92 Å². The van der Waals surface area contributed by atoms with Crippen LogP contribution in [0.5, 0.6) is 0 Å². The molecule has 0 aliphatic heterocycles. The second-order valence-corrected chi connectivity index (χ2v) is 11.8. The van der Waals surface area contributed by atoms with Crippen LogP contribution in [0.25, 0.3) is 0 Å². The Hall–Kier alpha value is -2.33. The van der Waals surface area contributed by atoms with E-state index in [0.29, 0.717) is 5.56 Å². The van der Waals surface area contributed by atoms with Crippen molar-refractivity contribution in [3.05, 3.63) is 85.3 Å². The molecule has 3 aromatic carbocycles. The highest BCUT2D eigenvalue weighted by Gasteiger charge is 2.67. The second kappa shape index (κ2) is 11.9. The molecule has 3 aromatic rings. The number of carbonyl (C=O) groups is 3. The van der Waals surface area contributed by atoms with Crippen molar-refractivity contribution in [2.75, 3.05) is 16.0 Å². The van der Waals surface area contributed by atoms with Crippen molar-refractivity contribution in [3.63, 3.8) is 0 Å². The van der Waals surface area contributed by atoms with Gasteiger partial charge in [0, 0.05) is 18.0 Å². The summed E-state index contributed by atoms with van der Waals surface area (Å²) in [5, 5.41) is 7.51. The molecule has 40 heavy (non-hydrogen) atoms. The first-order valence-electron chi connectivity index (χ1n) is 11.5. The molecule has 6 nitrogen and oxygen atoms in total. The summed E-state index contributed by atoms with van der Waals surface area (Å²) in [5.74, 6) is -5.80. The normalized spacial score (nSPS) is 17.2. The van der Waals surface area contributed by atoms with Gasteiger partial charge in [-0.05, 0) is 48.0 Å². The highest BCUT2D eigenvalue weighted by atomic mass is 35.5. The van der Waals surface area contributed by atoms with E-state index in [4.69, 9.17) is 69.6 Å². The van der Waals surface area contributed by atoms with Gasteiger partial charge in [-0.2, -0.15) is 0 Å². The lowest BCUT2D eigenvalue weighted by Crippen LogP contribution is -2.19. The minimum Gasteiger partial charge on any atom is -0.326 e. The lowest BCUT2D eigenvalue weighted by Gasteiger charge is -2.13. The molecule has 1 saturated carbocycles. The Morgan fingerprint density at radius 2 is 1.52 bits per heavy atom. The van der Waals surface area contributed by atoms with Crippen LogP contribution in [-0.4, -0.2) is 22.1 Å². The average molecular weight is 670 g/mol. The van der Waals surface area contributed by atoms with Gasteiger partial charge in [0.05, 0.1) is 37.3 Å². The second-order valence-electron chi connectivity index (χ2n) is 8.75. The predicted octanol–water partition coefficient (Wildman–Crippen LogP) is 8.71. The van der Waals surface area contributed by atoms with Gasteiger partial charge in [0.1, 0.15) is 15.8 Å². The molecule has 3 amide bonds. The molecule has 14 heteroatoms. The van der Waals surface area contributed by atoms with E-state index in [1.165, 1.54) is 37.3 Å². The monoisotopic (exact) mass is 667 g/mol. The molecule has 0 saturated heterocycles. The van der Waals surface area contributed by atoms with E-state index in [2.05, 4.69) is 16.0 Å². The van der Waals surface area contributed by atoms with E-state index in [1.54, 1.807) is 0 Å². The summed E-state index contributed by atoms with van der Waals surface area (Å²) in [4.78, 5) is 37.6. The summed E-state index contributed by atoms with van der Waals surface area (Å²) in [6.07, 6.45) is -0.0130. The van der Waals surface area contributed by atoms with Crippen LogP contribution >= 0.6 is 69.6 Å². The molecule has 210 valence electrons. The van der Waals surface area contributed by atoms with Crippen LogP contribution in [0, 0.1) is 17.6 Å². The SMILES string of the molecule is CCC(=O)Nc1c(F)ccc(NC(=O)c2cc(NC(=O)[C@H]3[C@H](c4cc(Cl)c(Cl)c(Cl)c4)C3(Cl)Cl)ccc2Cl)c1F. The topological polar surface area (TPSA) is 87.3 Å². The zero-order valence-electron chi connectivity index (χ0n) is 20.2. The van der Waals surface area contributed by atoms with E-state index in [0.717, 1.165) is 12.1 Å². The quantitative estimate of drug-likeness (QED) is 0.174. The zero-order valence-corrected chi connectivity index (χ0v) is 24.7. The summed E-state index contributed by atoms with van der Waals surface area (Å²) in [6.45, 7) is 1.51. The number of alkyl halides is 2. The molecule has 4 rings (SSSR count). The lowest BCUT2D eigenvalue weighted by molar-refractivity contribution is -0.117. The summed E-state index contributed by atoms with van der Waals surface area (Å²) < 4.78 is 27.5. The predicted molar refractivity (Wildman–Crippen MR) is 155 cm³/mol. The Balaban J connectivity index is 1.53. The maximum Gasteiger partial charge on any atom is 0.257 e. The molecule has 0 aromatic heterocycles. The Morgan fingerprint density at radius 1 is 0.875 bits per heavy atom. The van der Waals surface area contributed by atoms with Crippen LogP contribution in [0.15, 0.2) is 42.5 Å². The Kier molecular flexibility index (Phi) is 9.10. The maximum absolute atomic E-state index is 14.9. The molecule has 0 heterocycles.